The Morgan fingerprint density at radius 1 is 1.22 bits per heavy atom. The summed E-state index contributed by atoms with van der Waals surface area (Å²) in [6, 6.07) is 8.21. The van der Waals surface area contributed by atoms with Gasteiger partial charge in [-0.05, 0) is 57.2 Å². The highest BCUT2D eigenvalue weighted by molar-refractivity contribution is 9.10. The summed E-state index contributed by atoms with van der Waals surface area (Å²) in [5.41, 5.74) is 7.33. The van der Waals surface area contributed by atoms with Crippen LogP contribution in [0.15, 0.2) is 39.3 Å². The second kappa shape index (κ2) is 11.6. The van der Waals surface area contributed by atoms with Gasteiger partial charge in [-0.2, -0.15) is 0 Å². The van der Waals surface area contributed by atoms with Crippen LogP contribution in [0.5, 0.6) is 0 Å². The number of hydrogen-bond donors (Lipinski definition) is 1. The van der Waals surface area contributed by atoms with Crippen molar-refractivity contribution < 1.29 is 4.79 Å². The van der Waals surface area contributed by atoms with Crippen LogP contribution in [0.4, 0.5) is 5.69 Å². The van der Waals surface area contributed by atoms with E-state index in [1.165, 1.54) is 12.8 Å². The van der Waals surface area contributed by atoms with Crippen molar-refractivity contribution in [2.24, 2.45) is 0 Å². The molecule has 1 aromatic carbocycles. The number of carbonyl (C=O) groups is 1. The molecule has 1 aliphatic carbocycles. The number of thioether (sulfide) groups is 1. The highest BCUT2D eigenvalue weighted by Gasteiger charge is 2.27. The maximum atomic E-state index is 11.3. The molecule has 1 saturated carbocycles. The average Bonchev–Trinajstić information content (AvgIpc) is 3.37. The molecule has 1 aliphatic rings. The zero-order valence-corrected chi connectivity index (χ0v) is 17.4. The molecule has 2 rings (SSSR count). The molecule has 0 aliphatic heterocycles. The van der Waals surface area contributed by atoms with E-state index in [9.17, 15) is 4.79 Å². The normalized spacial score (nSPS) is 13.7. The molecule has 1 fully saturated rings. The van der Waals surface area contributed by atoms with E-state index in [-0.39, 0.29) is 5.78 Å². The van der Waals surface area contributed by atoms with Gasteiger partial charge in [-0.25, -0.2) is 0 Å². The van der Waals surface area contributed by atoms with Gasteiger partial charge in [0.2, 0.25) is 0 Å². The van der Waals surface area contributed by atoms with Crippen molar-refractivity contribution in [2.75, 3.05) is 19.0 Å². The number of allylic oxidation sites excluding steroid dienone is 2. The van der Waals surface area contributed by atoms with Crippen LogP contribution in [0.25, 0.3) is 0 Å². The van der Waals surface area contributed by atoms with E-state index in [2.05, 4.69) is 27.9 Å². The first-order valence-corrected chi connectivity index (χ1v) is 9.88. The molecule has 1 aromatic rings. The number of halogens is 1. The molecule has 0 atom stereocenters. The lowest BCUT2D eigenvalue weighted by Crippen LogP contribution is -2.20. The molecule has 0 aromatic heterocycles. The fraction of sp³-hybridized carbons (Fsp3) is 0.500. The smallest absolute Gasteiger partial charge is 0.167 e. The summed E-state index contributed by atoms with van der Waals surface area (Å²) in [6.45, 7) is 7.67. The van der Waals surface area contributed by atoms with Crippen molar-refractivity contribution in [2.45, 2.75) is 46.6 Å². The fourth-order valence-corrected chi connectivity index (χ4v) is 2.90. The topological polar surface area (TPSA) is 46.3 Å². The first-order chi connectivity index (χ1) is 10.9. The van der Waals surface area contributed by atoms with Crippen molar-refractivity contribution in [3.05, 3.63) is 39.3 Å². The minimum Gasteiger partial charge on any atom is -0.399 e. The Kier molecular flexibility index (Phi) is 11.1. The van der Waals surface area contributed by atoms with Gasteiger partial charge in [-0.1, -0.05) is 29.8 Å². The number of nitrogen functional groups attached to an aromatic ring is 1. The van der Waals surface area contributed by atoms with Gasteiger partial charge in [0.15, 0.2) is 5.78 Å². The van der Waals surface area contributed by atoms with E-state index in [4.69, 9.17) is 5.73 Å². The Bertz CT molecular complexity index is 489. The van der Waals surface area contributed by atoms with Crippen LogP contribution in [0.2, 0.25) is 0 Å². The maximum absolute atomic E-state index is 11.3. The van der Waals surface area contributed by atoms with Gasteiger partial charge in [-0.3, -0.25) is 4.79 Å². The Morgan fingerprint density at radius 3 is 2.00 bits per heavy atom. The molecule has 0 heterocycles. The van der Waals surface area contributed by atoms with Crippen LogP contribution >= 0.6 is 27.7 Å². The lowest BCUT2D eigenvalue weighted by atomic mass is 10.3. The molecule has 0 unspecified atom stereocenters. The summed E-state index contributed by atoms with van der Waals surface area (Å²) in [5.74, 6) is 0.178. The van der Waals surface area contributed by atoms with E-state index < -0.39 is 0 Å². The van der Waals surface area contributed by atoms with Gasteiger partial charge < -0.3 is 10.6 Å². The first kappa shape index (κ1) is 22.1. The molecule has 3 nitrogen and oxygen atoms in total. The number of carbonyl (C=O) groups excluding carboxylic acids is 1. The summed E-state index contributed by atoms with van der Waals surface area (Å²) < 4.78 is 1.06. The maximum Gasteiger partial charge on any atom is 0.167 e. The van der Waals surface area contributed by atoms with Crippen LogP contribution in [0.3, 0.4) is 0 Å². The first-order valence-electron chi connectivity index (χ1n) is 7.86. The van der Waals surface area contributed by atoms with Crippen LogP contribution in [0.1, 0.15) is 40.5 Å². The summed E-state index contributed by atoms with van der Waals surface area (Å²) in [5, 5.41) is 0. The molecule has 23 heavy (non-hydrogen) atoms. The molecule has 0 radical (unpaired) electrons. The Balaban J connectivity index is 0.000000414. The van der Waals surface area contributed by atoms with Crippen molar-refractivity contribution >= 4 is 39.2 Å². The summed E-state index contributed by atoms with van der Waals surface area (Å²) in [6.07, 6.45) is 4.50. The predicted molar refractivity (Wildman–Crippen MR) is 108 cm³/mol. The highest BCUT2D eigenvalue weighted by Crippen LogP contribution is 2.31. The SMILES string of the molecule is CC.CS/C(C(C)=O)=C(/C)N(C)C1CC1.Nc1ccc(Br)cc1. The highest BCUT2D eigenvalue weighted by atomic mass is 79.9. The monoisotopic (exact) mass is 400 g/mol. The van der Waals surface area contributed by atoms with Gasteiger partial charge in [0, 0.05) is 28.9 Å². The van der Waals surface area contributed by atoms with Crippen molar-refractivity contribution in [3.8, 4) is 0 Å². The van der Waals surface area contributed by atoms with E-state index in [1.54, 1.807) is 18.7 Å². The molecule has 2 N–H and O–H groups in total. The minimum absolute atomic E-state index is 0.178. The minimum atomic E-state index is 0.178. The number of rotatable bonds is 4. The van der Waals surface area contributed by atoms with Gasteiger partial charge >= 0.3 is 0 Å². The molecule has 0 saturated heterocycles. The molecule has 0 bridgehead atoms. The Hall–Kier alpha value is -0.940. The quantitative estimate of drug-likeness (QED) is 0.548. The van der Waals surface area contributed by atoms with E-state index in [0.717, 1.165) is 20.8 Å². The number of nitrogens with zero attached hydrogens (tertiary/aromatic N) is 1. The lowest BCUT2D eigenvalue weighted by molar-refractivity contribution is -0.113. The predicted octanol–water partition coefficient (Wildman–Crippen LogP) is 5.32. The number of nitrogens with two attached hydrogens (primary N) is 1. The molecule has 5 heteroatoms. The fourth-order valence-electron chi connectivity index (χ4n) is 1.90. The zero-order chi connectivity index (χ0) is 18.0. The number of benzene rings is 1. The number of hydrogen-bond acceptors (Lipinski definition) is 4. The van der Waals surface area contributed by atoms with Gasteiger partial charge in [0.25, 0.3) is 0 Å². The van der Waals surface area contributed by atoms with E-state index >= 15 is 0 Å². The second-order valence-corrected chi connectivity index (χ2v) is 6.80. The molecule has 130 valence electrons. The Labute approximate surface area is 153 Å². The van der Waals surface area contributed by atoms with Crippen molar-refractivity contribution in [1.29, 1.82) is 0 Å². The van der Waals surface area contributed by atoms with Crippen molar-refractivity contribution in [3.63, 3.8) is 0 Å². The van der Waals surface area contributed by atoms with E-state index in [1.807, 2.05) is 51.3 Å². The van der Waals surface area contributed by atoms with E-state index in [0.29, 0.717) is 6.04 Å². The van der Waals surface area contributed by atoms with Gasteiger partial charge in [0.05, 0.1) is 4.91 Å². The number of Topliss-reactive ketones (excluding diaryl/α,β-unsaturated/α-hetero) is 1. The molecular formula is C18H29BrN2OS. The van der Waals surface area contributed by atoms with Crippen LogP contribution in [0, 0.1) is 0 Å². The third-order valence-electron chi connectivity index (χ3n) is 3.35. The molecule has 0 spiro atoms. The van der Waals surface area contributed by atoms with Crippen LogP contribution < -0.4 is 5.73 Å². The third kappa shape index (κ3) is 8.47. The molecule has 0 amide bonds. The molecular weight excluding hydrogens is 372 g/mol. The number of ketones is 1. The van der Waals surface area contributed by atoms with Gasteiger partial charge in [-0.15, -0.1) is 11.8 Å². The van der Waals surface area contributed by atoms with Gasteiger partial charge in [0.1, 0.15) is 0 Å². The standard InChI is InChI=1S/C10H17NOS.C6H6BrN.C2H6/c1-7(10(13-4)8(2)12)11(3)9-5-6-9;7-5-1-3-6(8)4-2-5;1-2/h9H,5-6H2,1-4H3;1-4H,8H2;1-2H3/b10-7-;;. The van der Waals surface area contributed by atoms with Crippen LogP contribution in [-0.2, 0) is 4.79 Å². The summed E-state index contributed by atoms with van der Waals surface area (Å²) in [4.78, 5) is 14.4. The summed E-state index contributed by atoms with van der Waals surface area (Å²) in [7, 11) is 2.08. The van der Waals surface area contributed by atoms with Crippen LogP contribution in [-0.4, -0.2) is 30.0 Å². The third-order valence-corrected chi connectivity index (χ3v) is 4.87. The second-order valence-electron chi connectivity index (χ2n) is 5.07. The largest absolute Gasteiger partial charge is 0.399 e. The van der Waals surface area contributed by atoms with Crippen molar-refractivity contribution in [1.82, 2.24) is 4.90 Å². The average molecular weight is 401 g/mol. The summed E-state index contributed by atoms with van der Waals surface area (Å²) >= 11 is 4.84. The lowest BCUT2D eigenvalue weighted by Gasteiger charge is -2.21. The zero-order valence-electron chi connectivity index (χ0n) is 15.0. The number of anilines is 1. The Morgan fingerprint density at radius 2 is 1.70 bits per heavy atom.